The molecule has 0 bridgehead atoms. The average Bonchev–Trinajstić information content (AvgIpc) is 2.98. The largest absolute Gasteiger partial charge is 0.547 e. The molecule has 0 aromatic heterocycles. The van der Waals surface area contributed by atoms with Gasteiger partial charge in [0.05, 0.1) is 17.5 Å². The zero-order chi connectivity index (χ0) is 11.1. The van der Waals surface area contributed by atoms with Gasteiger partial charge in [0.2, 0.25) is 0 Å². The molecular weight excluding hydrogens is 202 g/mol. The fourth-order valence-electron chi connectivity index (χ4n) is 1.33. The highest BCUT2D eigenvalue weighted by atomic mass is 16.6. The van der Waals surface area contributed by atoms with Crippen molar-refractivity contribution in [3.63, 3.8) is 0 Å². The number of nitro benzene ring substituents is 1. The van der Waals surface area contributed by atoms with Crippen LogP contribution in [0.3, 0.4) is 0 Å². The molecule has 6 nitrogen and oxygen atoms in total. The highest BCUT2D eigenvalue weighted by Gasteiger charge is 2.48. The molecule has 0 N–H and O–H groups in total. The van der Waals surface area contributed by atoms with Crippen molar-refractivity contribution in [1.82, 2.24) is 0 Å². The molecule has 2 rings (SSSR count). The summed E-state index contributed by atoms with van der Waals surface area (Å²) >= 11 is 0. The summed E-state index contributed by atoms with van der Waals surface area (Å²) in [6, 6.07) is 5.20. The number of carbonyl (C=O) groups excluding carboxylic acids is 1. The summed E-state index contributed by atoms with van der Waals surface area (Å²) in [6.07, 6.45) is 0. The van der Waals surface area contributed by atoms with E-state index in [1.54, 1.807) is 0 Å². The molecule has 1 atom stereocenters. The number of carboxylic acid groups (broad SMARTS) is 1. The number of hydrogen-bond acceptors (Lipinski definition) is 5. The van der Waals surface area contributed by atoms with Crippen LogP contribution in [0.15, 0.2) is 24.3 Å². The van der Waals surface area contributed by atoms with E-state index in [2.05, 4.69) is 0 Å². The minimum atomic E-state index is -1.39. The molecule has 15 heavy (non-hydrogen) atoms. The van der Waals surface area contributed by atoms with E-state index in [9.17, 15) is 20.0 Å². The van der Waals surface area contributed by atoms with E-state index in [1.807, 2.05) is 0 Å². The van der Waals surface area contributed by atoms with E-state index >= 15 is 0 Å². The third-order valence-electron chi connectivity index (χ3n) is 2.31. The van der Waals surface area contributed by atoms with Crippen LogP contribution in [0.1, 0.15) is 5.56 Å². The van der Waals surface area contributed by atoms with Crippen LogP contribution < -0.4 is 5.11 Å². The Bertz CT molecular complexity index is 421. The lowest BCUT2D eigenvalue weighted by Gasteiger charge is -2.12. The maximum atomic E-state index is 10.7. The van der Waals surface area contributed by atoms with Gasteiger partial charge in [-0.1, -0.05) is 0 Å². The lowest BCUT2D eigenvalue weighted by atomic mass is 10.0. The topological polar surface area (TPSA) is 95.8 Å². The van der Waals surface area contributed by atoms with Crippen molar-refractivity contribution in [2.75, 3.05) is 6.61 Å². The van der Waals surface area contributed by atoms with Gasteiger partial charge in [0.25, 0.3) is 5.69 Å². The van der Waals surface area contributed by atoms with Gasteiger partial charge in [-0.25, -0.2) is 0 Å². The van der Waals surface area contributed by atoms with Crippen LogP contribution in [0.25, 0.3) is 0 Å². The van der Waals surface area contributed by atoms with Crippen LogP contribution in [0.5, 0.6) is 0 Å². The number of carbonyl (C=O) groups is 1. The first kappa shape index (κ1) is 9.60. The molecule has 6 heteroatoms. The van der Waals surface area contributed by atoms with Crippen LogP contribution in [-0.4, -0.2) is 17.5 Å². The van der Waals surface area contributed by atoms with Gasteiger partial charge in [0.15, 0.2) is 5.60 Å². The van der Waals surface area contributed by atoms with E-state index in [0.29, 0.717) is 5.56 Å². The Morgan fingerprint density at radius 1 is 1.40 bits per heavy atom. The Morgan fingerprint density at radius 3 is 2.27 bits per heavy atom. The monoisotopic (exact) mass is 208 g/mol. The van der Waals surface area contributed by atoms with Gasteiger partial charge in [-0.05, 0) is 17.7 Å². The number of hydrogen-bond donors (Lipinski definition) is 0. The lowest BCUT2D eigenvalue weighted by Crippen LogP contribution is -2.36. The Hall–Kier alpha value is -1.95. The van der Waals surface area contributed by atoms with Crippen LogP contribution in [-0.2, 0) is 15.1 Å². The molecule has 1 saturated heterocycles. The molecule has 0 amide bonds. The highest BCUT2D eigenvalue weighted by Crippen LogP contribution is 2.38. The first-order valence-electron chi connectivity index (χ1n) is 4.16. The van der Waals surface area contributed by atoms with E-state index in [-0.39, 0.29) is 12.3 Å². The summed E-state index contributed by atoms with van der Waals surface area (Å²) in [4.78, 5) is 20.5. The van der Waals surface area contributed by atoms with E-state index in [4.69, 9.17) is 4.74 Å². The fraction of sp³-hybridized carbons (Fsp3) is 0.222. The second-order valence-corrected chi connectivity index (χ2v) is 3.21. The van der Waals surface area contributed by atoms with E-state index < -0.39 is 16.5 Å². The molecule has 1 aliphatic heterocycles. The zero-order valence-corrected chi connectivity index (χ0v) is 7.50. The SMILES string of the molecule is O=C([O-])C1(c2ccc([N+](=O)[O-])cc2)CO1. The van der Waals surface area contributed by atoms with Gasteiger partial charge in [-0.15, -0.1) is 0 Å². The standard InChI is InChI=1S/C9H7NO5/c11-8(12)9(5-15-9)6-1-3-7(4-2-6)10(13)14/h1-4H,5H2,(H,11,12)/p-1. The number of benzene rings is 1. The third kappa shape index (κ3) is 1.44. The Labute approximate surface area is 84.2 Å². The van der Waals surface area contributed by atoms with Crippen molar-refractivity contribution in [3.05, 3.63) is 39.9 Å². The number of aliphatic carboxylic acids is 1. The number of non-ortho nitro benzene ring substituents is 1. The molecular formula is C9H6NO5-. The third-order valence-corrected chi connectivity index (χ3v) is 2.31. The van der Waals surface area contributed by atoms with Crippen LogP contribution in [0.4, 0.5) is 5.69 Å². The quantitative estimate of drug-likeness (QED) is 0.381. The van der Waals surface area contributed by atoms with Gasteiger partial charge in [-0.3, -0.25) is 10.1 Å². The van der Waals surface area contributed by atoms with Crippen molar-refractivity contribution in [2.24, 2.45) is 0 Å². The Morgan fingerprint density at radius 2 is 1.93 bits per heavy atom. The van der Waals surface area contributed by atoms with Crippen molar-refractivity contribution in [1.29, 1.82) is 0 Å². The fourth-order valence-corrected chi connectivity index (χ4v) is 1.33. The molecule has 1 fully saturated rings. The maximum Gasteiger partial charge on any atom is 0.269 e. The average molecular weight is 208 g/mol. The molecule has 1 heterocycles. The number of nitrogens with zero attached hydrogens (tertiary/aromatic N) is 1. The molecule has 1 aromatic rings. The zero-order valence-electron chi connectivity index (χ0n) is 7.50. The Kier molecular flexibility index (Phi) is 1.94. The van der Waals surface area contributed by atoms with Crippen LogP contribution >= 0.6 is 0 Å². The van der Waals surface area contributed by atoms with Crippen LogP contribution in [0.2, 0.25) is 0 Å². The highest BCUT2D eigenvalue weighted by molar-refractivity contribution is 5.80. The lowest BCUT2D eigenvalue weighted by molar-refractivity contribution is -0.384. The van der Waals surface area contributed by atoms with Crippen LogP contribution in [0, 0.1) is 10.1 Å². The van der Waals surface area contributed by atoms with Gasteiger partial charge < -0.3 is 14.6 Å². The first-order valence-corrected chi connectivity index (χ1v) is 4.16. The normalized spacial score (nSPS) is 23.5. The number of epoxide rings is 1. The summed E-state index contributed by atoms with van der Waals surface area (Å²) < 4.78 is 4.81. The number of rotatable bonds is 3. The molecule has 1 aromatic carbocycles. The summed E-state index contributed by atoms with van der Waals surface area (Å²) in [5.41, 5.74) is -1.12. The summed E-state index contributed by atoms with van der Waals surface area (Å²) in [5, 5.41) is 21.1. The molecule has 0 saturated carbocycles. The second-order valence-electron chi connectivity index (χ2n) is 3.21. The molecule has 0 spiro atoms. The molecule has 0 radical (unpaired) electrons. The number of nitro groups is 1. The van der Waals surface area contributed by atoms with Crippen molar-refractivity contribution < 1.29 is 19.6 Å². The Balaban J connectivity index is 2.32. The van der Waals surface area contributed by atoms with Gasteiger partial charge in [-0.2, -0.15) is 0 Å². The van der Waals surface area contributed by atoms with Crippen molar-refractivity contribution in [3.8, 4) is 0 Å². The first-order chi connectivity index (χ1) is 7.06. The van der Waals surface area contributed by atoms with E-state index in [1.165, 1.54) is 24.3 Å². The minimum Gasteiger partial charge on any atom is -0.547 e. The molecule has 78 valence electrons. The maximum absolute atomic E-state index is 10.7. The van der Waals surface area contributed by atoms with Gasteiger partial charge in [0.1, 0.15) is 0 Å². The minimum absolute atomic E-state index is 0.0488. The number of carboxylic acids is 1. The molecule has 1 unspecified atom stereocenters. The predicted octanol–water partition coefficient (Wildman–Crippen LogP) is -0.430. The van der Waals surface area contributed by atoms with Gasteiger partial charge in [0, 0.05) is 12.1 Å². The summed E-state index contributed by atoms with van der Waals surface area (Å²) in [6.45, 7) is 0.0488. The predicted molar refractivity (Wildman–Crippen MR) is 45.7 cm³/mol. The summed E-state index contributed by atoms with van der Waals surface area (Å²) in [7, 11) is 0. The van der Waals surface area contributed by atoms with Gasteiger partial charge >= 0.3 is 0 Å². The smallest absolute Gasteiger partial charge is 0.269 e. The molecule has 1 aliphatic rings. The second kappa shape index (κ2) is 3.03. The number of ether oxygens (including phenoxy) is 1. The van der Waals surface area contributed by atoms with E-state index in [0.717, 1.165) is 0 Å². The van der Waals surface area contributed by atoms with Crippen molar-refractivity contribution >= 4 is 11.7 Å². The molecule has 0 aliphatic carbocycles. The summed E-state index contributed by atoms with van der Waals surface area (Å²) in [5.74, 6) is -1.32. The van der Waals surface area contributed by atoms with Crippen molar-refractivity contribution in [2.45, 2.75) is 5.60 Å².